The summed E-state index contributed by atoms with van der Waals surface area (Å²) in [6, 6.07) is 16.2. The van der Waals surface area contributed by atoms with Crippen LogP contribution < -0.4 is 20.3 Å². The Labute approximate surface area is 251 Å². The second-order valence-electron chi connectivity index (χ2n) is 10.1. The summed E-state index contributed by atoms with van der Waals surface area (Å²) < 4.78 is 46.6. The van der Waals surface area contributed by atoms with Gasteiger partial charge in [-0.15, -0.1) is 33.6 Å². The van der Waals surface area contributed by atoms with Crippen molar-refractivity contribution in [2.75, 3.05) is 28.6 Å². The maximum Gasteiger partial charge on any atom is 0.573 e. The number of benzene rings is 2. The SMILES string of the molecule is O=C(Cc1noc2ccccc12)Nc1nnc(C2CCN(c3ccc(NC(O)Cc4cccc(OC(F)(F)F)c4)nn3)C2)s1. The fourth-order valence-electron chi connectivity index (χ4n) is 4.89. The molecular weight excluding hydrogens is 601 g/mol. The molecule has 3 aromatic heterocycles. The van der Waals surface area contributed by atoms with Crippen LogP contribution in [0.25, 0.3) is 11.0 Å². The number of carbonyl (C=O) groups excluding carboxylic acids is 1. The van der Waals surface area contributed by atoms with Gasteiger partial charge in [0.25, 0.3) is 0 Å². The molecule has 0 radical (unpaired) electrons. The van der Waals surface area contributed by atoms with E-state index < -0.39 is 12.6 Å². The van der Waals surface area contributed by atoms with Gasteiger partial charge >= 0.3 is 6.36 Å². The van der Waals surface area contributed by atoms with Crippen LogP contribution in [0.15, 0.2) is 65.2 Å². The van der Waals surface area contributed by atoms with E-state index in [1.807, 2.05) is 18.2 Å². The van der Waals surface area contributed by atoms with Gasteiger partial charge in [-0.2, -0.15) is 0 Å². The van der Waals surface area contributed by atoms with Gasteiger partial charge in [0.05, 0.1) is 6.42 Å². The van der Waals surface area contributed by atoms with E-state index in [0.717, 1.165) is 16.8 Å². The number of amides is 1. The van der Waals surface area contributed by atoms with E-state index in [-0.39, 0.29) is 30.4 Å². The Hall–Kier alpha value is -4.83. The van der Waals surface area contributed by atoms with Crippen molar-refractivity contribution < 1.29 is 32.3 Å². The van der Waals surface area contributed by atoms with Crippen molar-refractivity contribution in [3.63, 3.8) is 0 Å². The van der Waals surface area contributed by atoms with E-state index >= 15 is 0 Å². The minimum atomic E-state index is -4.80. The van der Waals surface area contributed by atoms with Crippen LogP contribution in [0.5, 0.6) is 5.75 Å². The highest BCUT2D eigenvalue weighted by Gasteiger charge is 2.31. The average Bonchev–Trinajstić information content (AvgIpc) is 3.73. The smallest absolute Gasteiger partial charge is 0.406 e. The van der Waals surface area contributed by atoms with E-state index in [1.54, 1.807) is 24.3 Å². The number of aliphatic hydroxyl groups is 1. The number of aliphatic hydroxyl groups excluding tert-OH is 1. The molecule has 16 heteroatoms. The van der Waals surface area contributed by atoms with Gasteiger partial charge < -0.3 is 29.9 Å². The zero-order valence-corrected chi connectivity index (χ0v) is 23.7. The summed E-state index contributed by atoms with van der Waals surface area (Å²) in [5.41, 5.74) is 1.62. The average molecular weight is 627 g/mol. The Balaban J connectivity index is 0.991. The first-order valence-corrected chi connectivity index (χ1v) is 14.3. The number of anilines is 3. The van der Waals surface area contributed by atoms with E-state index in [1.165, 1.54) is 29.5 Å². The summed E-state index contributed by atoms with van der Waals surface area (Å²) in [6.07, 6.45) is -5.03. The van der Waals surface area contributed by atoms with Crippen LogP contribution in [-0.2, 0) is 17.6 Å². The van der Waals surface area contributed by atoms with Gasteiger partial charge in [0.1, 0.15) is 22.7 Å². The third-order valence-electron chi connectivity index (χ3n) is 6.85. The highest BCUT2D eigenvalue weighted by molar-refractivity contribution is 7.15. The monoisotopic (exact) mass is 626 g/mol. The summed E-state index contributed by atoms with van der Waals surface area (Å²) in [5, 5.41) is 38.8. The van der Waals surface area contributed by atoms with Crippen LogP contribution in [0.4, 0.5) is 29.9 Å². The van der Waals surface area contributed by atoms with Crippen LogP contribution in [0.2, 0.25) is 0 Å². The Morgan fingerprint density at radius 1 is 1.11 bits per heavy atom. The maximum absolute atomic E-state index is 12.6. The largest absolute Gasteiger partial charge is 0.573 e. The molecule has 6 rings (SSSR count). The molecule has 0 spiro atoms. The zero-order valence-electron chi connectivity index (χ0n) is 22.9. The number of ether oxygens (including phenoxy) is 1. The number of aromatic nitrogens is 5. The minimum Gasteiger partial charge on any atom is -0.406 e. The number of nitrogens with one attached hydrogen (secondary N) is 2. The molecule has 4 heterocycles. The van der Waals surface area contributed by atoms with Crippen molar-refractivity contribution >= 4 is 45.0 Å². The van der Waals surface area contributed by atoms with Gasteiger partial charge in [-0.25, -0.2) is 0 Å². The highest BCUT2D eigenvalue weighted by Crippen LogP contribution is 2.33. The number of fused-ring (bicyclic) bond motifs is 1. The predicted molar refractivity (Wildman–Crippen MR) is 154 cm³/mol. The molecule has 1 fully saturated rings. The molecule has 5 aromatic rings. The zero-order chi connectivity index (χ0) is 30.7. The minimum absolute atomic E-state index is 0.0215. The van der Waals surface area contributed by atoms with Crippen LogP contribution in [0.3, 0.4) is 0 Å². The third kappa shape index (κ3) is 7.20. The van der Waals surface area contributed by atoms with Gasteiger partial charge in [0, 0.05) is 30.8 Å². The lowest BCUT2D eigenvalue weighted by Gasteiger charge is -2.18. The first kappa shape index (κ1) is 29.3. The van der Waals surface area contributed by atoms with Gasteiger partial charge in [-0.3, -0.25) is 4.79 Å². The number of hydrogen-bond acceptors (Lipinski definition) is 12. The topological polar surface area (TPSA) is 151 Å². The maximum atomic E-state index is 12.6. The molecule has 0 bridgehead atoms. The molecule has 0 aliphatic carbocycles. The first-order valence-electron chi connectivity index (χ1n) is 13.5. The second-order valence-corrected chi connectivity index (χ2v) is 11.1. The van der Waals surface area contributed by atoms with Crippen molar-refractivity contribution in [3.8, 4) is 5.75 Å². The lowest BCUT2D eigenvalue weighted by atomic mass is 10.1. The van der Waals surface area contributed by atoms with Crippen molar-refractivity contribution in [2.24, 2.45) is 0 Å². The molecule has 1 aliphatic rings. The molecule has 12 nitrogen and oxygen atoms in total. The quantitative estimate of drug-likeness (QED) is 0.188. The van der Waals surface area contributed by atoms with Gasteiger partial charge in [-0.1, -0.05) is 40.8 Å². The number of carbonyl (C=O) groups is 1. The lowest BCUT2D eigenvalue weighted by molar-refractivity contribution is -0.274. The molecule has 1 saturated heterocycles. The summed E-state index contributed by atoms with van der Waals surface area (Å²) in [6.45, 7) is 1.35. The molecule has 1 amide bonds. The Kier molecular flexibility index (Phi) is 8.25. The molecule has 228 valence electrons. The molecular formula is C28H25F3N8O4S. The molecule has 2 aromatic carbocycles. The molecule has 44 heavy (non-hydrogen) atoms. The number of rotatable bonds is 10. The first-order chi connectivity index (χ1) is 21.2. The number of hydrogen-bond donors (Lipinski definition) is 3. The van der Waals surface area contributed by atoms with E-state index in [0.29, 0.717) is 46.7 Å². The van der Waals surface area contributed by atoms with Gasteiger partial charge in [0.2, 0.25) is 11.0 Å². The molecule has 0 saturated carbocycles. The highest BCUT2D eigenvalue weighted by atomic mass is 32.1. The fourth-order valence-corrected chi connectivity index (χ4v) is 5.77. The Morgan fingerprint density at radius 2 is 1.98 bits per heavy atom. The Morgan fingerprint density at radius 3 is 2.80 bits per heavy atom. The molecule has 2 unspecified atom stereocenters. The lowest BCUT2D eigenvalue weighted by Crippen LogP contribution is -2.24. The van der Waals surface area contributed by atoms with E-state index in [9.17, 15) is 23.1 Å². The van der Waals surface area contributed by atoms with E-state index in [2.05, 4.69) is 45.8 Å². The van der Waals surface area contributed by atoms with Crippen molar-refractivity contribution in [3.05, 3.63) is 76.9 Å². The van der Waals surface area contributed by atoms with Gasteiger partial charge in [-0.05, 0) is 48.4 Å². The third-order valence-corrected chi connectivity index (χ3v) is 7.86. The van der Waals surface area contributed by atoms with Crippen LogP contribution in [0, 0.1) is 0 Å². The fraction of sp³-hybridized carbons (Fsp3) is 0.286. The summed E-state index contributed by atoms with van der Waals surface area (Å²) in [7, 11) is 0. The standard InChI is InChI=1S/C28H25F3N8O4S/c29-28(30,31)42-18-5-3-4-16(12-18)13-24(40)32-22-8-9-23(35-34-22)39-11-10-17(15-39)26-36-37-27(44-26)33-25(41)14-20-19-6-1-2-7-21(19)43-38-20/h1-9,12,17,24,40H,10-11,13-15H2,(H,32,34)(H,33,37,41). The number of nitrogens with zero attached hydrogens (tertiary/aromatic N) is 6. The van der Waals surface area contributed by atoms with Crippen molar-refractivity contribution in [1.82, 2.24) is 25.6 Å². The second kappa shape index (κ2) is 12.4. The summed E-state index contributed by atoms with van der Waals surface area (Å²) in [4.78, 5) is 14.7. The van der Waals surface area contributed by atoms with Gasteiger partial charge in [0.15, 0.2) is 17.2 Å². The van der Waals surface area contributed by atoms with Crippen molar-refractivity contribution in [1.29, 1.82) is 0 Å². The van der Waals surface area contributed by atoms with E-state index in [4.69, 9.17) is 4.52 Å². The number of alkyl halides is 3. The summed E-state index contributed by atoms with van der Waals surface area (Å²) >= 11 is 1.32. The molecule has 2 atom stereocenters. The summed E-state index contributed by atoms with van der Waals surface area (Å²) in [5.74, 6) is 0.417. The molecule has 3 N–H and O–H groups in total. The number of para-hydroxylation sites is 1. The van der Waals surface area contributed by atoms with Crippen LogP contribution in [-0.4, -0.2) is 62.2 Å². The van der Waals surface area contributed by atoms with Crippen LogP contribution in [0.1, 0.15) is 28.6 Å². The Bertz CT molecular complexity index is 1750. The van der Waals surface area contributed by atoms with Crippen molar-refractivity contribution in [2.45, 2.75) is 37.8 Å². The number of halogens is 3. The molecule has 1 aliphatic heterocycles. The van der Waals surface area contributed by atoms with Crippen LogP contribution >= 0.6 is 11.3 Å². The predicted octanol–water partition coefficient (Wildman–Crippen LogP) is 4.52. The normalized spacial score (nSPS) is 15.8.